The van der Waals surface area contributed by atoms with E-state index >= 15 is 0 Å². The lowest BCUT2D eigenvalue weighted by Crippen LogP contribution is -2.33. The molecule has 0 radical (unpaired) electrons. The summed E-state index contributed by atoms with van der Waals surface area (Å²) in [7, 11) is 1.38. The van der Waals surface area contributed by atoms with Gasteiger partial charge in [0.15, 0.2) is 17.5 Å². The third-order valence-electron chi connectivity index (χ3n) is 4.23. The van der Waals surface area contributed by atoms with Crippen molar-refractivity contribution in [2.45, 2.75) is 17.7 Å². The fourth-order valence-electron chi connectivity index (χ4n) is 2.73. The molecule has 0 saturated carbocycles. The van der Waals surface area contributed by atoms with Gasteiger partial charge in [0.1, 0.15) is 0 Å². The molecule has 3 rings (SSSR count). The van der Waals surface area contributed by atoms with E-state index in [9.17, 15) is 4.79 Å². The number of carbonyl (C=O) groups excluding carboxylic acids is 1. The van der Waals surface area contributed by atoms with Gasteiger partial charge in [0.05, 0.1) is 33.3 Å². The van der Waals surface area contributed by atoms with Crippen molar-refractivity contribution in [3.63, 3.8) is 0 Å². The summed E-state index contributed by atoms with van der Waals surface area (Å²) in [6.45, 7) is 2.33. The van der Waals surface area contributed by atoms with Crippen molar-refractivity contribution < 1.29 is 19.0 Å². The Morgan fingerprint density at radius 3 is 2.73 bits per heavy atom. The first-order valence-corrected chi connectivity index (χ1v) is 10.9. The smallest absolute Gasteiger partial charge is 0.307 e. The Hall–Kier alpha value is -2.87. The number of anilines is 1. The Morgan fingerprint density at radius 2 is 1.93 bits per heavy atom. The zero-order valence-corrected chi connectivity index (χ0v) is 17.9. The Labute approximate surface area is 181 Å². The largest absolute Gasteiger partial charge is 0.490 e. The molecule has 0 fully saturated rings. The number of methoxy groups -OCH3 is 1. The van der Waals surface area contributed by atoms with Crippen LogP contribution in [0, 0.1) is 0 Å². The van der Waals surface area contributed by atoms with Gasteiger partial charge < -0.3 is 24.8 Å². The Morgan fingerprint density at radius 1 is 1.13 bits per heavy atom. The van der Waals surface area contributed by atoms with Crippen molar-refractivity contribution in [2.75, 3.05) is 44.5 Å². The first-order chi connectivity index (χ1) is 14.7. The number of fused-ring (bicyclic) bond motifs is 1. The molecule has 2 aromatic rings. The van der Waals surface area contributed by atoms with Gasteiger partial charge in [-0.2, -0.15) is 0 Å². The van der Waals surface area contributed by atoms with E-state index in [0.29, 0.717) is 38.0 Å². The topological polar surface area (TPSA) is 81.2 Å². The monoisotopic (exact) mass is 429 g/mol. The summed E-state index contributed by atoms with van der Waals surface area (Å²) in [5.41, 5.74) is 0.833. The summed E-state index contributed by atoms with van der Waals surface area (Å²) >= 11 is 1.77. The molecule has 30 heavy (non-hydrogen) atoms. The number of hydrogen-bond acceptors (Lipinski definition) is 6. The predicted molar refractivity (Wildman–Crippen MR) is 120 cm³/mol. The molecule has 0 amide bonds. The molecule has 1 aliphatic heterocycles. The Bertz CT molecular complexity index is 846. The number of esters is 1. The zero-order chi connectivity index (χ0) is 21.0. The molecule has 0 unspecified atom stereocenters. The second-order valence-corrected chi connectivity index (χ2v) is 7.65. The summed E-state index contributed by atoms with van der Waals surface area (Å²) in [5, 5.41) is 6.60. The van der Waals surface area contributed by atoms with Gasteiger partial charge in [0.2, 0.25) is 0 Å². The molecule has 160 valence electrons. The van der Waals surface area contributed by atoms with Crippen molar-refractivity contribution in [2.24, 2.45) is 4.99 Å². The number of nitrogens with one attached hydrogen (secondary N) is 2. The number of carbonyl (C=O) groups is 1. The van der Waals surface area contributed by atoms with Gasteiger partial charge in [0.25, 0.3) is 0 Å². The summed E-state index contributed by atoms with van der Waals surface area (Å²) in [4.78, 5) is 17.1. The van der Waals surface area contributed by atoms with Crippen LogP contribution in [-0.4, -0.2) is 51.1 Å². The normalized spacial score (nSPS) is 13.3. The van der Waals surface area contributed by atoms with Crippen LogP contribution in [0.4, 0.5) is 5.69 Å². The van der Waals surface area contributed by atoms with E-state index in [-0.39, 0.29) is 12.4 Å². The van der Waals surface area contributed by atoms with Crippen LogP contribution in [0.5, 0.6) is 11.5 Å². The fourth-order valence-corrected chi connectivity index (χ4v) is 3.52. The van der Waals surface area contributed by atoms with Crippen LogP contribution < -0.4 is 20.1 Å². The fraction of sp³-hybridized carbons (Fsp3) is 0.364. The molecule has 1 aliphatic rings. The molecule has 0 spiro atoms. The number of hydrogen-bond donors (Lipinski definition) is 2. The van der Waals surface area contributed by atoms with Crippen LogP contribution >= 0.6 is 11.8 Å². The van der Waals surface area contributed by atoms with E-state index in [0.717, 1.165) is 23.6 Å². The lowest BCUT2D eigenvalue weighted by atomic mass is 10.3. The van der Waals surface area contributed by atoms with Gasteiger partial charge in [-0.05, 0) is 24.3 Å². The van der Waals surface area contributed by atoms with Crippen molar-refractivity contribution in [3.05, 3.63) is 48.5 Å². The van der Waals surface area contributed by atoms with Crippen LogP contribution in [0.2, 0.25) is 0 Å². The summed E-state index contributed by atoms with van der Waals surface area (Å²) < 4.78 is 16.1. The van der Waals surface area contributed by atoms with Crippen LogP contribution in [0.25, 0.3) is 0 Å². The lowest BCUT2D eigenvalue weighted by Gasteiger charge is -2.14. The van der Waals surface area contributed by atoms with Gasteiger partial charge >= 0.3 is 5.97 Å². The van der Waals surface area contributed by atoms with Crippen LogP contribution in [0.3, 0.4) is 0 Å². The second kappa shape index (κ2) is 12.0. The number of rotatable bonds is 8. The minimum absolute atomic E-state index is 0.225. The molecule has 0 aromatic heterocycles. The maximum Gasteiger partial charge on any atom is 0.307 e. The number of benzene rings is 2. The van der Waals surface area contributed by atoms with Crippen LogP contribution in [0.15, 0.2) is 58.4 Å². The van der Waals surface area contributed by atoms with Gasteiger partial charge in [-0.1, -0.05) is 18.2 Å². The van der Waals surface area contributed by atoms with Crippen LogP contribution in [0.1, 0.15) is 12.8 Å². The molecule has 0 aliphatic carbocycles. The van der Waals surface area contributed by atoms with E-state index < -0.39 is 0 Å². The van der Waals surface area contributed by atoms with Crippen molar-refractivity contribution >= 4 is 29.4 Å². The maximum absolute atomic E-state index is 11.4. The Balaban J connectivity index is 1.59. The molecule has 1 heterocycles. The highest BCUT2D eigenvalue weighted by Gasteiger charge is 2.11. The molecular weight excluding hydrogens is 402 g/mol. The van der Waals surface area contributed by atoms with Crippen molar-refractivity contribution in [1.82, 2.24) is 5.32 Å². The van der Waals surface area contributed by atoms with Gasteiger partial charge in [-0.15, -0.1) is 11.8 Å². The highest BCUT2D eigenvalue weighted by Crippen LogP contribution is 2.32. The van der Waals surface area contributed by atoms with Crippen LogP contribution in [-0.2, 0) is 9.53 Å². The number of ether oxygens (including phenoxy) is 3. The summed E-state index contributed by atoms with van der Waals surface area (Å²) in [5.74, 6) is 2.65. The highest BCUT2D eigenvalue weighted by atomic mass is 32.2. The SMILES string of the molecule is COC(=O)CCN=C(NCCSc1ccccc1)Nc1ccc2c(c1)OCCCO2. The number of aliphatic imine (C=N–C) groups is 1. The first-order valence-electron chi connectivity index (χ1n) is 9.94. The second-order valence-electron chi connectivity index (χ2n) is 6.48. The van der Waals surface area contributed by atoms with Gasteiger partial charge in [-0.25, -0.2) is 0 Å². The van der Waals surface area contributed by atoms with E-state index in [2.05, 4.69) is 32.5 Å². The average molecular weight is 430 g/mol. The maximum atomic E-state index is 11.4. The minimum atomic E-state index is -0.284. The molecule has 8 heteroatoms. The number of nitrogens with zero attached hydrogens (tertiary/aromatic N) is 1. The minimum Gasteiger partial charge on any atom is -0.490 e. The van der Waals surface area contributed by atoms with Gasteiger partial charge in [0, 0.05) is 35.4 Å². The van der Waals surface area contributed by atoms with E-state index in [4.69, 9.17) is 9.47 Å². The average Bonchev–Trinajstić information content (AvgIpc) is 3.02. The van der Waals surface area contributed by atoms with E-state index in [1.807, 2.05) is 36.4 Å². The lowest BCUT2D eigenvalue weighted by molar-refractivity contribution is -0.140. The summed E-state index contributed by atoms with van der Waals surface area (Å²) in [6, 6.07) is 16.0. The molecule has 0 bridgehead atoms. The van der Waals surface area contributed by atoms with E-state index in [1.54, 1.807) is 11.8 Å². The molecular formula is C22H27N3O4S. The third kappa shape index (κ3) is 7.18. The first kappa shape index (κ1) is 21.8. The Kier molecular flexibility index (Phi) is 8.71. The molecule has 2 N–H and O–H groups in total. The molecule has 7 nitrogen and oxygen atoms in total. The number of thioether (sulfide) groups is 1. The number of guanidine groups is 1. The predicted octanol–water partition coefficient (Wildman–Crippen LogP) is 3.56. The zero-order valence-electron chi connectivity index (χ0n) is 17.1. The van der Waals surface area contributed by atoms with Crippen molar-refractivity contribution in [1.29, 1.82) is 0 Å². The summed E-state index contributed by atoms with van der Waals surface area (Å²) in [6.07, 6.45) is 1.08. The van der Waals surface area contributed by atoms with E-state index in [1.165, 1.54) is 12.0 Å². The molecule has 0 saturated heterocycles. The third-order valence-corrected chi connectivity index (χ3v) is 5.24. The highest BCUT2D eigenvalue weighted by molar-refractivity contribution is 7.99. The standard InChI is InChI=1S/C22H27N3O4S/c1-27-21(26)10-11-23-22(24-12-15-30-18-6-3-2-4-7-18)25-17-8-9-19-20(16-17)29-14-5-13-28-19/h2-4,6-9,16H,5,10-15H2,1H3,(H2,23,24,25). The van der Waals surface area contributed by atoms with Crippen molar-refractivity contribution in [3.8, 4) is 11.5 Å². The molecule has 0 atom stereocenters. The molecule has 2 aromatic carbocycles. The quantitative estimate of drug-likeness (QED) is 0.218. The van der Waals surface area contributed by atoms with Gasteiger partial charge in [-0.3, -0.25) is 9.79 Å².